The van der Waals surface area contributed by atoms with Gasteiger partial charge in [0.2, 0.25) is 0 Å². The molecule has 5 heteroatoms. The van der Waals surface area contributed by atoms with Gasteiger partial charge in [0, 0.05) is 5.56 Å². The number of aryl methyl sites for hydroxylation is 1. The van der Waals surface area contributed by atoms with E-state index in [1.807, 2.05) is 0 Å². The van der Waals surface area contributed by atoms with Crippen LogP contribution in [-0.4, -0.2) is 5.91 Å². The SMILES string of the molecule is Cc1ccc(C(C)NC(=O)c2ccc(Cl)c(N)c2)cc1F. The molecule has 0 saturated carbocycles. The first kappa shape index (κ1) is 15.3. The molecule has 1 atom stereocenters. The van der Waals surface area contributed by atoms with E-state index in [0.29, 0.717) is 27.4 Å². The highest BCUT2D eigenvalue weighted by Crippen LogP contribution is 2.21. The van der Waals surface area contributed by atoms with Crippen LogP contribution >= 0.6 is 11.6 Å². The Labute approximate surface area is 127 Å². The number of hydrogen-bond acceptors (Lipinski definition) is 2. The summed E-state index contributed by atoms with van der Waals surface area (Å²) >= 11 is 5.82. The maximum absolute atomic E-state index is 13.6. The number of anilines is 1. The largest absolute Gasteiger partial charge is 0.398 e. The molecule has 3 N–H and O–H groups in total. The van der Waals surface area contributed by atoms with Crippen LogP contribution in [0.2, 0.25) is 5.02 Å². The van der Waals surface area contributed by atoms with Crippen molar-refractivity contribution >= 4 is 23.2 Å². The molecule has 0 fully saturated rings. The van der Waals surface area contributed by atoms with Gasteiger partial charge in [0.1, 0.15) is 5.82 Å². The summed E-state index contributed by atoms with van der Waals surface area (Å²) in [7, 11) is 0. The van der Waals surface area contributed by atoms with Crippen molar-refractivity contribution in [2.24, 2.45) is 0 Å². The van der Waals surface area contributed by atoms with Crippen molar-refractivity contribution in [3.05, 3.63) is 63.9 Å². The van der Waals surface area contributed by atoms with E-state index in [2.05, 4.69) is 5.32 Å². The molecule has 0 aliphatic carbocycles. The summed E-state index contributed by atoms with van der Waals surface area (Å²) in [6.07, 6.45) is 0. The Hall–Kier alpha value is -2.07. The highest BCUT2D eigenvalue weighted by Gasteiger charge is 2.13. The standard InChI is InChI=1S/C16H16ClFN2O/c1-9-3-4-11(7-14(9)18)10(2)20-16(21)12-5-6-13(17)15(19)8-12/h3-8,10H,19H2,1-2H3,(H,20,21). The number of nitrogens with two attached hydrogens (primary N) is 1. The monoisotopic (exact) mass is 306 g/mol. The number of hydrogen-bond donors (Lipinski definition) is 2. The van der Waals surface area contributed by atoms with Crippen molar-refractivity contribution in [2.75, 3.05) is 5.73 Å². The molecule has 21 heavy (non-hydrogen) atoms. The Balaban J connectivity index is 2.14. The average Bonchev–Trinajstić information content (AvgIpc) is 2.44. The Bertz CT molecular complexity index is 688. The van der Waals surface area contributed by atoms with Gasteiger partial charge in [-0.25, -0.2) is 4.39 Å². The molecule has 0 aliphatic rings. The van der Waals surface area contributed by atoms with Crippen LogP contribution in [0.5, 0.6) is 0 Å². The second-order valence-corrected chi connectivity index (χ2v) is 5.35. The summed E-state index contributed by atoms with van der Waals surface area (Å²) in [4.78, 5) is 12.1. The molecule has 0 aromatic heterocycles. The first-order chi connectivity index (χ1) is 9.88. The topological polar surface area (TPSA) is 55.1 Å². The van der Waals surface area contributed by atoms with E-state index in [1.165, 1.54) is 12.1 Å². The van der Waals surface area contributed by atoms with Crippen LogP contribution in [0.15, 0.2) is 36.4 Å². The number of carbonyl (C=O) groups is 1. The molecule has 3 nitrogen and oxygen atoms in total. The van der Waals surface area contributed by atoms with Crippen molar-refractivity contribution in [2.45, 2.75) is 19.9 Å². The van der Waals surface area contributed by atoms with Crippen molar-refractivity contribution in [1.29, 1.82) is 0 Å². The van der Waals surface area contributed by atoms with E-state index in [4.69, 9.17) is 17.3 Å². The Morgan fingerprint density at radius 2 is 2.00 bits per heavy atom. The number of halogens is 2. The highest BCUT2D eigenvalue weighted by molar-refractivity contribution is 6.33. The molecule has 1 amide bonds. The summed E-state index contributed by atoms with van der Waals surface area (Å²) in [6.45, 7) is 3.49. The maximum atomic E-state index is 13.6. The lowest BCUT2D eigenvalue weighted by Crippen LogP contribution is -2.26. The number of benzene rings is 2. The molecule has 0 aliphatic heterocycles. The van der Waals surface area contributed by atoms with Crippen molar-refractivity contribution in [3.8, 4) is 0 Å². The van der Waals surface area contributed by atoms with Gasteiger partial charge in [0.05, 0.1) is 16.8 Å². The molecule has 110 valence electrons. The summed E-state index contributed by atoms with van der Waals surface area (Å²) in [5.41, 5.74) is 7.71. The van der Waals surface area contributed by atoms with E-state index in [1.54, 1.807) is 38.1 Å². The van der Waals surface area contributed by atoms with Crippen LogP contribution in [0.25, 0.3) is 0 Å². The van der Waals surface area contributed by atoms with Crippen LogP contribution in [0.3, 0.4) is 0 Å². The molecule has 0 spiro atoms. The second kappa shape index (κ2) is 6.14. The summed E-state index contributed by atoms with van der Waals surface area (Å²) in [5.74, 6) is -0.573. The van der Waals surface area contributed by atoms with Gasteiger partial charge in [-0.15, -0.1) is 0 Å². The number of amides is 1. The fourth-order valence-electron chi connectivity index (χ4n) is 1.93. The smallest absolute Gasteiger partial charge is 0.251 e. The minimum absolute atomic E-state index is 0.285. The molecule has 0 radical (unpaired) electrons. The molecule has 0 bridgehead atoms. The fourth-order valence-corrected chi connectivity index (χ4v) is 2.04. The second-order valence-electron chi connectivity index (χ2n) is 4.94. The zero-order valence-corrected chi connectivity index (χ0v) is 12.5. The minimum atomic E-state index is -0.315. The van der Waals surface area contributed by atoms with Gasteiger partial charge >= 0.3 is 0 Å². The van der Waals surface area contributed by atoms with Crippen molar-refractivity contribution in [1.82, 2.24) is 5.32 Å². The van der Waals surface area contributed by atoms with Crippen molar-refractivity contribution in [3.63, 3.8) is 0 Å². The summed E-state index contributed by atoms with van der Waals surface area (Å²) in [6, 6.07) is 9.27. The van der Waals surface area contributed by atoms with E-state index in [-0.39, 0.29) is 17.8 Å². The third kappa shape index (κ3) is 3.52. The van der Waals surface area contributed by atoms with Gasteiger partial charge < -0.3 is 11.1 Å². The van der Waals surface area contributed by atoms with Gasteiger partial charge in [0.15, 0.2) is 0 Å². The van der Waals surface area contributed by atoms with E-state index in [0.717, 1.165) is 0 Å². The van der Waals surface area contributed by atoms with Crippen LogP contribution in [-0.2, 0) is 0 Å². The number of rotatable bonds is 3. The lowest BCUT2D eigenvalue weighted by atomic mass is 10.1. The molecule has 2 aromatic rings. The van der Waals surface area contributed by atoms with Gasteiger partial charge in [-0.3, -0.25) is 4.79 Å². The van der Waals surface area contributed by atoms with Gasteiger partial charge in [0.25, 0.3) is 5.91 Å². The van der Waals surface area contributed by atoms with Gasteiger partial charge in [-0.2, -0.15) is 0 Å². The first-order valence-corrected chi connectivity index (χ1v) is 6.88. The van der Waals surface area contributed by atoms with Crippen LogP contribution in [0.1, 0.15) is 34.5 Å². The normalized spacial score (nSPS) is 12.0. The molecular weight excluding hydrogens is 291 g/mol. The maximum Gasteiger partial charge on any atom is 0.251 e. The predicted molar refractivity (Wildman–Crippen MR) is 82.9 cm³/mol. The van der Waals surface area contributed by atoms with Gasteiger partial charge in [-0.05, 0) is 49.2 Å². The zero-order chi connectivity index (χ0) is 15.6. The first-order valence-electron chi connectivity index (χ1n) is 6.50. The zero-order valence-electron chi connectivity index (χ0n) is 11.8. The third-order valence-electron chi connectivity index (χ3n) is 3.30. The van der Waals surface area contributed by atoms with Gasteiger partial charge in [-0.1, -0.05) is 23.7 Å². The number of nitrogen functional groups attached to an aromatic ring is 1. The van der Waals surface area contributed by atoms with E-state index < -0.39 is 0 Å². The fraction of sp³-hybridized carbons (Fsp3) is 0.188. The van der Waals surface area contributed by atoms with Crippen molar-refractivity contribution < 1.29 is 9.18 Å². The predicted octanol–water partition coefficient (Wildman–Crippen LogP) is 3.86. The molecule has 0 saturated heterocycles. The summed E-state index contributed by atoms with van der Waals surface area (Å²) < 4.78 is 13.6. The quantitative estimate of drug-likeness (QED) is 0.846. The summed E-state index contributed by atoms with van der Waals surface area (Å²) in [5, 5.41) is 3.20. The minimum Gasteiger partial charge on any atom is -0.398 e. The number of nitrogens with one attached hydrogen (secondary N) is 1. The Morgan fingerprint density at radius 3 is 2.62 bits per heavy atom. The number of carbonyl (C=O) groups excluding carboxylic acids is 1. The third-order valence-corrected chi connectivity index (χ3v) is 3.65. The lowest BCUT2D eigenvalue weighted by molar-refractivity contribution is 0.0940. The highest BCUT2D eigenvalue weighted by atomic mass is 35.5. The van der Waals surface area contributed by atoms with E-state index >= 15 is 0 Å². The lowest BCUT2D eigenvalue weighted by Gasteiger charge is -2.15. The molecule has 1 unspecified atom stereocenters. The van der Waals surface area contributed by atoms with E-state index in [9.17, 15) is 9.18 Å². The van der Waals surface area contributed by atoms with Crippen LogP contribution in [0, 0.1) is 12.7 Å². The molecule has 0 heterocycles. The average molecular weight is 307 g/mol. The van der Waals surface area contributed by atoms with Crippen LogP contribution < -0.4 is 11.1 Å². The molecular formula is C16H16ClFN2O. The Morgan fingerprint density at radius 1 is 1.29 bits per heavy atom. The molecule has 2 aromatic carbocycles. The molecule has 2 rings (SSSR count). The Kier molecular flexibility index (Phi) is 4.48. The van der Waals surface area contributed by atoms with Crippen LogP contribution in [0.4, 0.5) is 10.1 Å².